The smallest absolute Gasteiger partial charge is 0.127 e. The highest BCUT2D eigenvalue weighted by Gasteiger charge is 2.21. The van der Waals surface area contributed by atoms with Crippen molar-refractivity contribution >= 4 is 0 Å². The van der Waals surface area contributed by atoms with Crippen LogP contribution in [0.4, 0.5) is 0 Å². The van der Waals surface area contributed by atoms with Crippen LogP contribution < -0.4 is 15.2 Å². The van der Waals surface area contributed by atoms with Gasteiger partial charge in [0.25, 0.3) is 0 Å². The fraction of sp³-hybridized carbons (Fsp3) is 0.538. The van der Waals surface area contributed by atoms with Crippen molar-refractivity contribution in [1.29, 1.82) is 0 Å². The van der Waals surface area contributed by atoms with Gasteiger partial charge in [0.2, 0.25) is 0 Å². The Morgan fingerprint density at radius 1 is 1.41 bits per heavy atom. The van der Waals surface area contributed by atoms with Crippen LogP contribution in [-0.2, 0) is 4.74 Å². The predicted octanol–water partition coefficient (Wildman–Crippen LogP) is 1.64. The molecule has 2 heterocycles. The molecule has 0 spiro atoms. The molecule has 2 aliphatic rings. The van der Waals surface area contributed by atoms with Gasteiger partial charge in [0.15, 0.2) is 0 Å². The van der Waals surface area contributed by atoms with Gasteiger partial charge in [-0.15, -0.1) is 0 Å². The molecule has 3 rings (SSSR count). The summed E-state index contributed by atoms with van der Waals surface area (Å²) in [5.74, 6) is 1.68. The zero-order valence-electron chi connectivity index (χ0n) is 9.72. The summed E-state index contributed by atoms with van der Waals surface area (Å²) in [4.78, 5) is 0. The van der Waals surface area contributed by atoms with E-state index >= 15 is 0 Å². The highest BCUT2D eigenvalue weighted by molar-refractivity contribution is 5.44. The summed E-state index contributed by atoms with van der Waals surface area (Å²) >= 11 is 0. The van der Waals surface area contributed by atoms with Crippen molar-refractivity contribution in [2.24, 2.45) is 5.73 Å². The number of hydrogen-bond acceptors (Lipinski definition) is 4. The average Bonchev–Trinajstić information content (AvgIpc) is 2.97. The van der Waals surface area contributed by atoms with E-state index in [4.69, 9.17) is 19.9 Å². The van der Waals surface area contributed by atoms with E-state index in [1.807, 2.05) is 18.2 Å². The highest BCUT2D eigenvalue weighted by Crippen LogP contribution is 2.34. The number of benzene rings is 1. The molecule has 1 saturated heterocycles. The Labute approximate surface area is 101 Å². The lowest BCUT2D eigenvalue weighted by Gasteiger charge is -2.12. The summed E-state index contributed by atoms with van der Waals surface area (Å²) in [5, 5.41) is 0. The third kappa shape index (κ3) is 2.23. The zero-order valence-corrected chi connectivity index (χ0v) is 9.72. The van der Waals surface area contributed by atoms with Gasteiger partial charge in [-0.3, -0.25) is 0 Å². The first-order chi connectivity index (χ1) is 8.33. The van der Waals surface area contributed by atoms with Crippen molar-refractivity contribution in [2.45, 2.75) is 25.0 Å². The minimum atomic E-state index is -0.00258. The van der Waals surface area contributed by atoms with Crippen LogP contribution in [0.1, 0.15) is 24.4 Å². The Bertz CT molecular complexity index is 402. The summed E-state index contributed by atoms with van der Waals surface area (Å²) in [7, 11) is 0. The number of fused-ring (bicyclic) bond motifs is 1. The lowest BCUT2D eigenvalue weighted by atomic mass is 10.1. The Kier molecular flexibility index (Phi) is 2.91. The van der Waals surface area contributed by atoms with Crippen molar-refractivity contribution < 1.29 is 14.2 Å². The minimum Gasteiger partial charge on any atom is -0.491 e. The maximum Gasteiger partial charge on any atom is 0.127 e. The van der Waals surface area contributed by atoms with Crippen LogP contribution in [0.5, 0.6) is 11.5 Å². The van der Waals surface area contributed by atoms with Gasteiger partial charge in [0, 0.05) is 18.2 Å². The van der Waals surface area contributed by atoms with E-state index in [0.717, 1.165) is 36.5 Å². The number of nitrogens with two attached hydrogens (primary N) is 1. The molecular formula is C13H17NO3. The van der Waals surface area contributed by atoms with Crippen molar-refractivity contribution in [3.05, 3.63) is 23.8 Å². The number of rotatable bonds is 3. The molecule has 4 nitrogen and oxygen atoms in total. The second kappa shape index (κ2) is 4.55. The molecule has 1 aromatic rings. The van der Waals surface area contributed by atoms with Gasteiger partial charge in [-0.25, -0.2) is 0 Å². The van der Waals surface area contributed by atoms with Gasteiger partial charge in [-0.05, 0) is 25.0 Å². The van der Waals surface area contributed by atoms with Gasteiger partial charge in [0.1, 0.15) is 24.7 Å². The average molecular weight is 235 g/mol. The molecule has 0 amide bonds. The number of hydrogen-bond donors (Lipinski definition) is 1. The monoisotopic (exact) mass is 235 g/mol. The Hall–Kier alpha value is -1.26. The largest absolute Gasteiger partial charge is 0.491 e. The third-order valence-corrected chi connectivity index (χ3v) is 3.26. The molecule has 0 bridgehead atoms. The summed E-state index contributed by atoms with van der Waals surface area (Å²) < 4.78 is 16.7. The van der Waals surface area contributed by atoms with Gasteiger partial charge < -0.3 is 19.9 Å². The first kappa shape index (κ1) is 10.9. The maximum atomic E-state index is 5.88. The van der Waals surface area contributed by atoms with E-state index in [2.05, 4.69) is 0 Å². The van der Waals surface area contributed by atoms with Crippen LogP contribution in [0, 0.1) is 0 Å². The van der Waals surface area contributed by atoms with Crippen molar-refractivity contribution in [3.63, 3.8) is 0 Å². The van der Waals surface area contributed by atoms with Crippen LogP contribution in [0.25, 0.3) is 0 Å². The molecule has 4 heteroatoms. The Morgan fingerprint density at radius 3 is 3.18 bits per heavy atom. The molecule has 2 aliphatic heterocycles. The highest BCUT2D eigenvalue weighted by atomic mass is 16.5. The molecule has 2 N–H and O–H groups in total. The molecule has 0 aromatic heterocycles. The minimum absolute atomic E-state index is 0.00258. The topological polar surface area (TPSA) is 53.7 Å². The quantitative estimate of drug-likeness (QED) is 0.865. The molecular weight excluding hydrogens is 218 g/mol. The SMILES string of the molecule is NC1COc2cc(OCC3CCCO3)ccc21. The van der Waals surface area contributed by atoms with Crippen molar-refractivity contribution in [3.8, 4) is 11.5 Å². The van der Waals surface area contributed by atoms with E-state index < -0.39 is 0 Å². The van der Waals surface area contributed by atoms with Gasteiger partial charge >= 0.3 is 0 Å². The molecule has 0 radical (unpaired) electrons. The van der Waals surface area contributed by atoms with Crippen LogP contribution in [0.15, 0.2) is 18.2 Å². The van der Waals surface area contributed by atoms with E-state index in [9.17, 15) is 0 Å². The standard InChI is InChI=1S/C13H17NO3/c14-12-8-17-13-6-9(3-4-11(12)13)16-7-10-2-1-5-15-10/h3-4,6,10,12H,1-2,5,7-8,14H2. The molecule has 1 fully saturated rings. The Morgan fingerprint density at radius 2 is 2.35 bits per heavy atom. The molecule has 2 atom stereocenters. The molecule has 2 unspecified atom stereocenters. The Balaban J connectivity index is 1.64. The maximum absolute atomic E-state index is 5.88. The van der Waals surface area contributed by atoms with E-state index in [1.54, 1.807) is 0 Å². The van der Waals surface area contributed by atoms with Crippen molar-refractivity contribution in [1.82, 2.24) is 0 Å². The summed E-state index contributed by atoms with van der Waals surface area (Å²) in [6, 6.07) is 5.84. The van der Waals surface area contributed by atoms with Crippen LogP contribution >= 0.6 is 0 Å². The molecule has 1 aromatic carbocycles. The van der Waals surface area contributed by atoms with E-state index in [0.29, 0.717) is 13.2 Å². The fourth-order valence-electron chi connectivity index (χ4n) is 2.27. The normalized spacial score (nSPS) is 26.6. The molecule has 92 valence electrons. The molecule has 17 heavy (non-hydrogen) atoms. The fourth-order valence-corrected chi connectivity index (χ4v) is 2.27. The second-order valence-corrected chi connectivity index (χ2v) is 4.56. The van der Waals surface area contributed by atoms with E-state index in [1.165, 1.54) is 0 Å². The van der Waals surface area contributed by atoms with Crippen LogP contribution in [0.2, 0.25) is 0 Å². The van der Waals surface area contributed by atoms with Gasteiger partial charge in [-0.2, -0.15) is 0 Å². The van der Waals surface area contributed by atoms with Gasteiger partial charge in [-0.1, -0.05) is 0 Å². The van der Waals surface area contributed by atoms with Crippen LogP contribution in [-0.4, -0.2) is 25.9 Å². The lowest BCUT2D eigenvalue weighted by Crippen LogP contribution is -2.16. The zero-order chi connectivity index (χ0) is 11.7. The summed E-state index contributed by atoms with van der Waals surface area (Å²) in [5.41, 5.74) is 6.95. The second-order valence-electron chi connectivity index (χ2n) is 4.56. The summed E-state index contributed by atoms with van der Waals surface area (Å²) in [6.07, 6.45) is 2.47. The summed E-state index contributed by atoms with van der Waals surface area (Å²) in [6.45, 7) is 2.03. The first-order valence-electron chi connectivity index (χ1n) is 6.09. The molecule has 0 saturated carbocycles. The van der Waals surface area contributed by atoms with Crippen molar-refractivity contribution in [2.75, 3.05) is 19.8 Å². The van der Waals surface area contributed by atoms with E-state index in [-0.39, 0.29) is 12.1 Å². The first-order valence-corrected chi connectivity index (χ1v) is 6.09. The third-order valence-electron chi connectivity index (χ3n) is 3.26. The lowest BCUT2D eigenvalue weighted by molar-refractivity contribution is 0.0679. The number of ether oxygens (including phenoxy) is 3. The van der Waals surface area contributed by atoms with Crippen LogP contribution in [0.3, 0.4) is 0 Å². The van der Waals surface area contributed by atoms with Gasteiger partial charge in [0.05, 0.1) is 12.1 Å². The predicted molar refractivity (Wildman–Crippen MR) is 63.3 cm³/mol. The molecule has 0 aliphatic carbocycles.